The van der Waals surface area contributed by atoms with E-state index < -0.39 is 0 Å². The molecule has 1 atom stereocenters. The molecule has 0 spiro atoms. The number of hydrogen-bond acceptors (Lipinski definition) is 5. The maximum Gasteiger partial charge on any atom is 0.185 e. The van der Waals surface area contributed by atoms with Crippen LogP contribution in [0.2, 0.25) is 0 Å². The molecule has 0 saturated carbocycles. The van der Waals surface area contributed by atoms with E-state index in [2.05, 4.69) is 58.7 Å². The van der Waals surface area contributed by atoms with Crippen LogP contribution < -0.4 is 5.32 Å². The van der Waals surface area contributed by atoms with Crippen LogP contribution >= 0.6 is 0 Å². The van der Waals surface area contributed by atoms with Crippen molar-refractivity contribution in [3.05, 3.63) is 78.4 Å². The number of nitrogens with zero attached hydrogens (tertiary/aromatic N) is 5. The summed E-state index contributed by atoms with van der Waals surface area (Å²) in [4.78, 5) is 2.31. The average molecular weight is 372 g/mol. The number of nitrogens with one attached hydrogen (secondary N) is 1. The molecule has 4 aromatic rings. The maximum absolute atomic E-state index is 4.70. The number of fused-ring (bicyclic) bond motifs is 1. The number of likely N-dealkylation sites (N-methyl/N-ethyl adjacent to an activating group) is 1. The molecule has 1 unspecified atom stereocenters. The molecule has 0 aliphatic carbocycles. The van der Waals surface area contributed by atoms with Crippen molar-refractivity contribution in [3.8, 4) is 11.4 Å². The van der Waals surface area contributed by atoms with E-state index in [1.54, 1.807) is 4.52 Å². The van der Waals surface area contributed by atoms with Gasteiger partial charge in [0.25, 0.3) is 0 Å². The first kappa shape index (κ1) is 18.1. The number of benzene rings is 2. The van der Waals surface area contributed by atoms with Crippen molar-refractivity contribution in [1.82, 2.24) is 24.7 Å². The van der Waals surface area contributed by atoms with Gasteiger partial charge in [-0.15, -0.1) is 15.3 Å². The van der Waals surface area contributed by atoms with Crippen molar-refractivity contribution in [1.29, 1.82) is 0 Å². The molecule has 2 heterocycles. The third-order valence-electron chi connectivity index (χ3n) is 4.57. The third kappa shape index (κ3) is 4.18. The predicted octanol–water partition coefficient (Wildman–Crippen LogP) is 3.72. The van der Waals surface area contributed by atoms with Crippen LogP contribution in [0.3, 0.4) is 0 Å². The topological polar surface area (TPSA) is 58.3 Å². The molecule has 1 N–H and O–H groups in total. The fraction of sp³-hybridized carbons (Fsp3) is 0.227. The lowest BCUT2D eigenvalue weighted by Crippen LogP contribution is -2.32. The van der Waals surface area contributed by atoms with Crippen LogP contribution in [0.1, 0.15) is 12.5 Å². The van der Waals surface area contributed by atoms with Gasteiger partial charge in [-0.2, -0.15) is 4.52 Å². The number of anilines is 1. The van der Waals surface area contributed by atoms with E-state index in [0.29, 0.717) is 0 Å². The van der Waals surface area contributed by atoms with Crippen LogP contribution in [0, 0.1) is 0 Å². The fourth-order valence-electron chi connectivity index (χ4n) is 3.36. The van der Waals surface area contributed by atoms with E-state index in [-0.39, 0.29) is 6.04 Å². The summed E-state index contributed by atoms with van der Waals surface area (Å²) < 4.78 is 1.79. The van der Waals surface area contributed by atoms with Crippen LogP contribution in [0.5, 0.6) is 0 Å². The van der Waals surface area contributed by atoms with Crippen molar-refractivity contribution in [2.45, 2.75) is 19.5 Å². The molecule has 0 aliphatic heterocycles. The zero-order valence-electron chi connectivity index (χ0n) is 16.2. The minimum Gasteiger partial charge on any atom is -0.365 e. The molecule has 0 bridgehead atoms. The van der Waals surface area contributed by atoms with Crippen LogP contribution in [0.15, 0.2) is 72.8 Å². The van der Waals surface area contributed by atoms with Crippen molar-refractivity contribution < 1.29 is 0 Å². The lowest BCUT2D eigenvalue weighted by molar-refractivity contribution is 0.316. The van der Waals surface area contributed by atoms with Gasteiger partial charge in [0, 0.05) is 24.7 Å². The Morgan fingerprint density at radius 2 is 1.64 bits per heavy atom. The Balaban J connectivity index is 1.45. The second-order valence-corrected chi connectivity index (χ2v) is 7.11. The Hall–Kier alpha value is -3.25. The molecule has 0 aliphatic rings. The Morgan fingerprint density at radius 1 is 0.929 bits per heavy atom. The van der Waals surface area contributed by atoms with E-state index in [0.717, 1.165) is 35.9 Å². The van der Waals surface area contributed by atoms with Crippen molar-refractivity contribution in [2.75, 3.05) is 18.9 Å². The molecular formula is C22H24N6. The Bertz CT molecular complexity index is 1030. The van der Waals surface area contributed by atoms with E-state index in [9.17, 15) is 0 Å². The summed E-state index contributed by atoms with van der Waals surface area (Å²) in [5.41, 5.74) is 3.04. The highest BCUT2D eigenvalue weighted by atomic mass is 15.4. The minimum atomic E-state index is 0.246. The van der Waals surface area contributed by atoms with E-state index in [4.69, 9.17) is 5.10 Å². The zero-order valence-corrected chi connectivity index (χ0v) is 16.2. The largest absolute Gasteiger partial charge is 0.365 e. The molecule has 0 amide bonds. The van der Waals surface area contributed by atoms with E-state index >= 15 is 0 Å². The van der Waals surface area contributed by atoms with E-state index in [1.807, 2.05) is 48.5 Å². The molecular weight excluding hydrogens is 348 g/mol. The van der Waals surface area contributed by atoms with Crippen LogP contribution in [-0.2, 0) is 6.54 Å². The summed E-state index contributed by atoms with van der Waals surface area (Å²) in [6.45, 7) is 3.99. The summed E-state index contributed by atoms with van der Waals surface area (Å²) in [5.74, 6) is 1.55. The van der Waals surface area contributed by atoms with Crippen LogP contribution in [-0.4, -0.2) is 44.3 Å². The molecule has 4 rings (SSSR count). The van der Waals surface area contributed by atoms with Gasteiger partial charge >= 0.3 is 0 Å². The van der Waals surface area contributed by atoms with Gasteiger partial charge in [-0.05, 0) is 31.7 Å². The Morgan fingerprint density at radius 3 is 2.39 bits per heavy atom. The molecule has 0 saturated heterocycles. The predicted molar refractivity (Wildman–Crippen MR) is 112 cm³/mol. The monoisotopic (exact) mass is 372 g/mol. The summed E-state index contributed by atoms with van der Waals surface area (Å²) in [6.07, 6.45) is 0. The maximum atomic E-state index is 4.70. The second kappa shape index (κ2) is 8.19. The molecule has 2 aromatic carbocycles. The summed E-state index contributed by atoms with van der Waals surface area (Å²) in [6, 6.07) is 24.6. The van der Waals surface area contributed by atoms with E-state index in [1.165, 1.54) is 5.56 Å². The standard InChI is InChI=1S/C22H24N6/c1-17(15-27(2)16-18-9-5-3-6-10-18)23-20-13-14-21-24-25-22(28(21)26-20)19-11-7-4-8-12-19/h3-14,17H,15-16H2,1-2H3,(H,23,26). The lowest BCUT2D eigenvalue weighted by atomic mass is 10.2. The van der Waals surface area contributed by atoms with Crippen LogP contribution in [0.25, 0.3) is 17.0 Å². The lowest BCUT2D eigenvalue weighted by Gasteiger charge is -2.22. The summed E-state index contributed by atoms with van der Waals surface area (Å²) >= 11 is 0. The van der Waals surface area contributed by atoms with Crippen molar-refractivity contribution in [3.63, 3.8) is 0 Å². The van der Waals surface area contributed by atoms with Gasteiger partial charge in [0.15, 0.2) is 11.5 Å². The van der Waals surface area contributed by atoms with Gasteiger partial charge < -0.3 is 10.2 Å². The molecule has 6 heteroatoms. The Kier molecular flexibility index (Phi) is 5.30. The fourth-order valence-corrected chi connectivity index (χ4v) is 3.36. The third-order valence-corrected chi connectivity index (χ3v) is 4.57. The van der Waals surface area contributed by atoms with Gasteiger partial charge in [0.1, 0.15) is 5.82 Å². The summed E-state index contributed by atoms with van der Waals surface area (Å²) in [5, 5.41) is 16.7. The molecule has 0 radical (unpaired) electrons. The van der Waals surface area contributed by atoms with Gasteiger partial charge in [-0.3, -0.25) is 0 Å². The first-order chi connectivity index (χ1) is 13.7. The van der Waals surface area contributed by atoms with Crippen molar-refractivity contribution in [2.24, 2.45) is 0 Å². The Labute approximate surface area is 164 Å². The molecule has 28 heavy (non-hydrogen) atoms. The van der Waals surface area contributed by atoms with Crippen LogP contribution in [0.4, 0.5) is 5.82 Å². The zero-order chi connectivity index (χ0) is 19.3. The highest BCUT2D eigenvalue weighted by Crippen LogP contribution is 2.18. The van der Waals surface area contributed by atoms with Gasteiger partial charge in [0.2, 0.25) is 0 Å². The highest BCUT2D eigenvalue weighted by Gasteiger charge is 2.12. The highest BCUT2D eigenvalue weighted by molar-refractivity contribution is 5.59. The molecule has 6 nitrogen and oxygen atoms in total. The SMILES string of the molecule is CC(CN(C)Cc1ccccc1)Nc1ccc2nnc(-c3ccccc3)n2n1. The number of hydrogen-bond donors (Lipinski definition) is 1. The summed E-state index contributed by atoms with van der Waals surface area (Å²) in [7, 11) is 2.13. The van der Waals surface area contributed by atoms with Gasteiger partial charge in [-0.1, -0.05) is 60.7 Å². The molecule has 0 fully saturated rings. The number of aromatic nitrogens is 4. The smallest absolute Gasteiger partial charge is 0.185 e. The minimum absolute atomic E-state index is 0.246. The number of rotatable bonds is 7. The molecule has 2 aromatic heterocycles. The van der Waals surface area contributed by atoms with Gasteiger partial charge in [-0.25, -0.2) is 0 Å². The first-order valence-corrected chi connectivity index (χ1v) is 9.46. The second-order valence-electron chi connectivity index (χ2n) is 7.11. The van der Waals surface area contributed by atoms with Gasteiger partial charge in [0.05, 0.1) is 0 Å². The van der Waals surface area contributed by atoms with Crippen molar-refractivity contribution >= 4 is 11.5 Å². The molecule has 142 valence electrons. The quantitative estimate of drug-likeness (QED) is 0.536. The normalized spacial score (nSPS) is 12.4. The first-order valence-electron chi connectivity index (χ1n) is 9.46. The average Bonchev–Trinajstić information content (AvgIpc) is 3.12.